The molecule has 0 aromatic rings. The summed E-state index contributed by atoms with van der Waals surface area (Å²) in [5, 5.41) is 0. The Balaban J connectivity index is 2.61. The highest BCUT2D eigenvalue weighted by molar-refractivity contribution is 5.10. The minimum absolute atomic E-state index is 0.454. The molecule has 0 radical (unpaired) electrons. The van der Waals surface area contributed by atoms with Crippen LogP contribution >= 0.6 is 0 Å². The third-order valence-corrected chi connectivity index (χ3v) is 5.49. The summed E-state index contributed by atoms with van der Waals surface area (Å²) in [5.74, 6) is 0. The molecule has 25 heavy (non-hydrogen) atoms. The van der Waals surface area contributed by atoms with E-state index in [1.54, 1.807) is 0 Å². The summed E-state index contributed by atoms with van der Waals surface area (Å²) in [6.45, 7) is 17.6. The Bertz CT molecular complexity index is 435. The van der Waals surface area contributed by atoms with Crippen molar-refractivity contribution in [2.24, 2.45) is 0 Å². The minimum atomic E-state index is 0.454. The van der Waals surface area contributed by atoms with Crippen molar-refractivity contribution in [3.05, 3.63) is 36.8 Å². The zero-order valence-corrected chi connectivity index (χ0v) is 17.4. The van der Waals surface area contributed by atoms with Gasteiger partial charge in [-0.3, -0.25) is 4.90 Å². The Morgan fingerprint density at radius 3 is 2.36 bits per heavy atom. The Labute approximate surface area is 157 Å². The largest absolute Gasteiger partial charge is 0.375 e. The normalized spacial score (nSPS) is 21.5. The summed E-state index contributed by atoms with van der Waals surface area (Å²) in [6, 6.07) is 1.09. The van der Waals surface area contributed by atoms with Crippen LogP contribution in [0.3, 0.4) is 0 Å². The maximum absolute atomic E-state index is 4.38. The van der Waals surface area contributed by atoms with Gasteiger partial charge in [-0.15, -0.1) is 0 Å². The molecule has 1 rings (SSSR count). The molecule has 0 bridgehead atoms. The molecule has 1 saturated heterocycles. The van der Waals surface area contributed by atoms with Gasteiger partial charge in [0.2, 0.25) is 0 Å². The van der Waals surface area contributed by atoms with Crippen molar-refractivity contribution >= 4 is 0 Å². The van der Waals surface area contributed by atoms with Crippen LogP contribution in [0.15, 0.2) is 36.8 Å². The quantitative estimate of drug-likeness (QED) is 0.506. The highest BCUT2D eigenvalue weighted by Gasteiger charge is 2.30. The molecule has 1 fully saturated rings. The van der Waals surface area contributed by atoms with Crippen LogP contribution in [0.25, 0.3) is 0 Å². The van der Waals surface area contributed by atoms with Crippen molar-refractivity contribution in [3.63, 3.8) is 0 Å². The minimum Gasteiger partial charge on any atom is -0.375 e. The lowest BCUT2D eigenvalue weighted by Gasteiger charge is -2.42. The van der Waals surface area contributed by atoms with E-state index < -0.39 is 0 Å². The molecule has 0 saturated carbocycles. The Hall–Kier alpha value is -1.22. The van der Waals surface area contributed by atoms with E-state index in [4.69, 9.17) is 0 Å². The summed E-state index contributed by atoms with van der Waals surface area (Å²) in [6.07, 6.45) is 12.7. The van der Waals surface area contributed by atoms with Gasteiger partial charge in [-0.1, -0.05) is 33.1 Å². The fourth-order valence-electron chi connectivity index (χ4n) is 3.97. The van der Waals surface area contributed by atoms with Crippen LogP contribution in [0.5, 0.6) is 0 Å². The molecule has 1 aliphatic heterocycles. The number of nitrogens with zero attached hydrogens (tertiary/aromatic N) is 3. The first-order valence-electron chi connectivity index (χ1n) is 10.1. The van der Waals surface area contributed by atoms with Gasteiger partial charge >= 0.3 is 0 Å². The molecule has 1 heterocycles. The number of likely N-dealkylation sites (tertiary alicyclic amines) is 1. The van der Waals surface area contributed by atoms with Gasteiger partial charge in [0.05, 0.1) is 0 Å². The number of allylic oxidation sites excluding steroid dienone is 2. The smallest absolute Gasteiger partial charge is 0.0494 e. The zero-order chi connectivity index (χ0) is 18.8. The molecule has 0 spiro atoms. The third kappa shape index (κ3) is 6.54. The predicted octanol–water partition coefficient (Wildman–Crippen LogP) is 5.23. The molecule has 0 aromatic heterocycles. The molecule has 0 aromatic carbocycles. The van der Waals surface area contributed by atoms with Gasteiger partial charge in [0, 0.05) is 43.6 Å². The molecule has 0 aliphatic carbocycles. The van der Waals surface area contributed by atoms with Gasteiger partial charge in [0.1, 0.15) is 0 Å². The Morgan fingerprint density at radius 1 is 1.16 bits per heavy atom. The van der Waals surface area contributed by atoms with Gasteiger partial charge in [0.15, 0.2) is 0 Å². The van der Waals surface area contributed by atoms with E-state index in [1.165, 1.54) is 49.9 Å². The second kappa shape index (κ2) is 11.4. The number of piperidine rings is 1. The molecule has 144 valence electrons. The SMILES string of the molecule is C=C(C1CCCC(CCC(=C)N(CCC)CCC)N1C)N(C)/C=C\C. The average molecular weight is 348 g/mol. The predicted molar refractivity (Wildman–Crippen MR) is 111 cm³/mol. The van der Waals surface area contributed by atoms with Gasteiger partial charge in [0.25, 0.3) is 0 Å². The highest BCUT2D eigenvalue weighted by Crippen LogP contribution is 2.30. The fraction of sp³-hybridized carbons (Fsp3) is 0.727. The van der Waals surface area contributed by atoms with E-state index in [-0.39, 0.29) is 0 Å². The van der Waals surface area contributed by atoms with E-state index in [0.717, 1.165) is 19.5 Å². The molecular formula is C22H41N3. The summed E-state index contributed by atoms with van der Waals surface area (Å²) in [7, 11) is 4.39. The first kappa shape index (κ1) is 21.8. The topological polar surface area (TPSA) is 9.72 Å². The van der Waals surface area contributed by atoms with Gasteiger partial charge < -0.3 is 9.80 Å². The van der Waals surface area contributed by atoms with Crippen molar-refractivity contribution in [1.82, 2.24) is 14.7 Å². The van der Waals surface area contributed by atoms with Gasteiger partial charge in [-0.25, -0.2) is 0 Å². The van der Waals surface area contributed by atoms with Crippen molar-refractivity contribution in [1.29, 1.82) is 0 Å². The summed E-state index contributed by atoms with van der Waals surface area (Å²) >= 11 is 0. The van der Waals surface area contributed by atoms with E-state index >= 15 is 0 Å². The van der Waals surface area contributed by atoms with E-state index in [9.17, 15) is 0 Å². The molecule has 0 amide bonds. The van der Waals surface area contributed by atoms with Gasteiger partial charge in [-0.2, -0.15) is 0 Å². The zero-order valence-electron chi connectivity index (χ0n) is 17.4. The number of hydrogen-bond donors (Lipinski definition) is 0. The number of hydrogen-bond acceptors (Lipinski definition) is 3. The van der Waals surface area contributed by atoms with E-state index in [2.05, 4.69) is 75.0 Å². The Kier molecular flexibility index (Phi) is 9.96. The van der Waals surface area contributed by atoms with Gasteiger partial charge in [-0.05, 0) is 65.1 Å². The second-order valence-electron chi connectivity index (χ2n) is 7.44. The van der Waals surface area contributed by atoms with Crippen LogP contribution in [0.2, 0.25) is 0 Å². The van der Waals surface area contributed by atoms with E-state index in [1.807, 2.05) is 0 Å². The highest BCUT2D eigenvalue weighted by atomic mass is 15.2. The van der Waals surface area contributed by atoms with Crippen molar-refractivity contribution in [2.45, 2.75) is 77.8 Å². The van der Waals surface area contributed by atoms with Crippen LogP contribution < -0.4 is 0 Å². The molecule has 3 heteroatoms. The lowest BCUT2D eigenvalue weighted by molar-refractivity contribution is 0.115. The van der Waals surface area contributed by atoms with Crippen LogP contribution in [0.4, 0.5) is 0 Å². The number of likely N-dealkylation sites (N-methyl/N-ethyl adjacent to an activating group) is 2. The molecular weight excluding hydrogens is 306 g/mol. The van der Waals surface area contributed by atoms with Crippen LogP contribution in [-0.2, 0) is 0 Å². The van der Waals surface area contributed by atoms with Crippen molar-refractivity contribution in [2.75, 3.05) is 27.2 Å². The van der Waals surface area contributed by atoms with E-state index in [0.29, 0.717) is 12.1 Å². The fourth-order valence-corrected chi connectivity index (χ4v) is 3.97. The second-order valence-corrected chi connectivity index (χ2v) is 7.44. The number of rotatable bonds is 11. The maximum atomic E-state index is 4.38. The lowest BCUT2D eigenvalue weighted by Crippen LogP contribution is -2.46. The summed E-state index contributed by atoms with van der Waals surface area (Å²) in [4.78, 5) is 7.22. The molecule has 2 atom stereocenters. The molecule has 3 nitrogen and oxygen atoms in total. The van der Waals surface area contributed by atoms with Crippen molar-refractivity contribution in [3.8, 4) is 0 Å². The summed E-state index contributed by atoms with van der Waals surface area (Å²) < 4.78 is 0. The standard InChI is InChI=1S/C22H41N3/c1-8-16-23(6)20(5)22-13-11-12-21(24(22)7)15-14-19(4)25(17-9-2)18-10-3/h8,16,21-22H,4-5,9-15,17-18H2,1-3,6-7H3/b16-8-. The third-order valence-electron chi connectivity index (χ3n) is 5.49. The summed E-state index contributed by atoms with van der Waals surface area (Å²) in [5.41, 5.74) is 2.53. The average Bonchev–Trinajstić information content (AvgIpc) is 2.60. The van der Waals surface area contributed by atoms with Crippen molar-refractivity contribution < 1.29 is 0 Å². The molecule has 0 N–H and O–H groups in total. The van der Waals surface area contributed by atoms with Crippen LogP contribution in [-0.4, -0.2) is 54.0 Å². The Morgan fingerprint density at radius 2 is 1.80 bits per heavy atom. The monoisotopic (exact) mass is 347 g/mol. The molecule has 1 aliphatic rings. The lowest BCUT2D eigenvalue weighted by atomic mass is 9.91. The van der Waals surface area contributed by atoms with Crippen LogP contribution in [0.1, 0.15) is 65.7 Å². The molecule has 2 unspecified atom stereocenters. The first-order chi connectivity index (χ1) is 12.0. The van der Waals surface area contributed by atoms with Crippen LogP contribution in [0, 0.1) is 0 Å². The maximum Gasteiger partial charge on any atom is 0.0494 e. The first-order valence-corrected chi connectivity index (χ1v) is 10.1.